The zero-order valence-electron chi connectivity index (χ0n) is 17.3. The van der Waals surface area contributed by atoms with E-state index in [0.29, 0.717) is 6.71 Å². The summed E-state index contributed by atoms with van der Waals surface area (Å²) >= 11 is -4.61. The molecule has 1 nitrogen and oxygen atoms in total. The molecule has 0 aliphatic rings. The molecular formula is C18H41BOSn2. The summed E-state index contributed by atoms with van der Waals surface area (Å²) in [4.78, 5) is 12.5. The molecule has 130 valence electrons. The van der Waals surface area contributed by atoms with Crippen molar-refractivity contribution in [3.05, 3.63) is 9.06 Å². The van der Waals surface area contributed by atoms with Crippen molar-refractivity contribution in [2.24, 2.45) is 0 Å². The van der Waals surface area contributed by atoms with Crippen molar-refractivity contribution in [1.82, 2.24) is 0 Å². The SMILES string of the molecule is CCB(C)/C(CC)=[C](/C(C)(CC)[O][Sn]([CH3])([CH3])[CH3])[Sn]([CH3])([CH3])[CH2]C. The number of hydrogen-bond acceptors (Lipinski definition) is 1. The minimum absolute atomic E-state index is 0.00130. The van der Waals surface area contributed by atoms with Gasteiger partial charge in [-0.2, -0.15) is 0 Å². The predicted molar refractivity (Wildman–Crippen MR) is 111 cm³/mol. The molecule has 0 aromatic heterocycles. The molecule has 0 heterocycles. The van der Waals surface area contributed by atoms with Gasteiger partial charge in [-0.05, 0) is 0 Å². The van der Waals surface area contributed by atoms with Crippen molar-refractivity contribution in [2.75, 3.05) is 0 Å². The van der Waals surface area contributed by atoms with Crippen molar-refractivity contribution < 1.29 is 3.07 Å². The minimum atomic E-state index is -2.33. The molecular weight excluding hydrogens is 480 g/mol. The van der Waals surface area contributed by atoms with E-state index in [1.54, 1.807) is 5.47 Å². The predicted octanol–water partition coefficient (Wildman–Crippen LogP) is 6.66. The second-order valence-electron chi connectivity index (χ2n) is 8.60. The monoisotopic (exact) mass is 524 g/mol. The Bertz CT molecular complexity index is 385. The average molecular weight is 522 g/mol. The zero-order valence-corrected chi connectivity index (χ0v) is 23.0. The summed E-state index contributed by atoms with van der Waals surface area (Å²) in [5.74, 6) is 0. The van der Waals surface area contributed by atoms with Gasteiger partial charge in [0.1, 0.15) is 0 Å². The number of rotatable bonds is 9. The van der Waals surface area contributed by atoms with Gasteiger partial charge in [-0.25, -0.2) is 0 Å². The van der Waals surface area contributed by atoms with Crippen LogP contribution in [0.1, 0.15) is 47.5 Å². The molecule has 0 saturated carbocycles. The van der Waals surface area contributed by atoms with Crippen molar-refractivity contribution in [2.45, 2.75) is 95.3 Å². The normalized spacial score (nSPS) is 17.0. The van der Waals surface area contributed by atoms with E-state index in [4.69, 9.17) is 3.07 Å². The molecule has 4 heteroatoms. The molecule has 1 atom stereocenters. The molecule has 0 fully saturated rings. The van der Waals surface area contributed by atoms with Gasteiger partial charge in [0.2, 0.25) is 0 Å². The first-order valence-corrected chi connectivity index (χ1v) is 28.2. The molecule has 0 radical (unpaired) electrons. The van der Waals surface area contributed by atoms with Gasteiger partial charge in [0.15, 0.2) is 0 Å². The summed E-state index contributed by atoms with van der Waals surface area (Å²) < 4.78 is 10.1. The van der Waals surface area contributed by atoms with Gasteiger partial charge in [0, 0.05) is 0 Å². The van der Waals surface area contributed by atoms with E-state index < -0.39 is 37.2 Å². The van der Waals surface area contributed by atoms with E-state index in [1.807, 2.05) is 3.59 Å². The standard InChI is InChI=1S/C11H21BO.C2H5.5CH3.2Sn/c1-6-10(12(5)8-3)9-11(4,13)7-2;1-2;;;;;;;/h6-8H2,1-5H3;1H2,2H3;5*1H3;;/q-1;;;;;;;;+1. The molecule has 0 N–H and O–H groups in total. The van der Waals surface area contributed by atoms with Gasteiger partial charge in [-0.1, -0.05) is 0 Å². The number of allylic oxidation sites excluding steroid dienone is 1. The van der Waals surface area contributed by atoms with Crippen LogP contribution in [0.4, 0.5) is 0 Å². The fourth-order valence-corrected chi connectivity index (χ4v) is 18.5. The van der Waals surface area contributed by atoms with Crippen LogP contribution in [0.25, 0.3) is 0 Å². The maximum absolute atomic E-state index is 6.91. The van der Waals surface area contributed by atoms with Gasteiger partial charge in [0.05, 0.1) is 0 Å². The van der Waals surface area contributed by atoms with Gasteiger partial charge in [0.25, 0.3) is 0 Å². The second-order valence-corrected chi connectivity index (χ2v) is 35.4. The first-order valence-electron chi connectivity index (χ1n) is 9.32. The summed E-state index contributed by atoms with van der Waals surface area (Å²) in [5.41, 5.74) is 1.74. The molecule has 0 aromatic rings. The topological polar surface area (TPSA) is 9.23 Å². The Hall–Kier alpha value is 1.36. The van der Waals surface area contributed by atoms with Crippen LogP contribution in [-0.2, 0) is 3.07 Å². The first-order chi connectivity index (χ1) is 9.88. The first kappa shape index (κ1) is 23.4. The second kappa shape index (κ2) is 9.17. The van der Waals surface area contributed by atoms with E-state index in [0.717, 1.165) is 6.42 Å². The van der Waals surface area contributed by atoms with Crippen molar-refractivity contribution in [1.29, 1.82) is 0 Å². The van der Waals surface area contributed by atoms with Crippen LogP contribution in [0.15, 0.2) is 9.06 Å². The van der Waals surface area contributed by atoms with Gasteiger partial charge in [-0.15, -0.1) is 0 Å². The van der Waals surface area contributed by atoms with Crippen LogP contribution in [0.5, 0.6) is 0 Å². The fourth-order valence-electron chi connectivity index (χ4n) is 3.66. The van der Waals surface area contributed by atoms with E-state index in [2.05, 4.69) is 66.1 Å². The fraction of sp³-hybridized carbons (Fsp3) is 0.889. The third-order valence-electron chi connectivity index (χ3n) is 5.20. The summed E-state index contributed by atoms with van der Waals surface area (Å²) in [5, 5.41) is 0. The van der Waals surface area contributed by atoms with E-state index in [-0.39, 0.29) is 5.60 Å². The Balaban J connectivity index is 6.33. The van der Waals surface area contributed by atoms with E-state index in [9.17, 15) is 0 Å². The molecule has 22 heavy (non-hydrogen) atoms. The van der Waals surface area contributed by atoms with Gasteiger partial charge in [-0.3, -0.25) is 0 Å². The molecule has 0 rings (SSSR count). The summed E-state index contributed by atoms with van der Waals surface area (Å²) in [6.07, 6.45) is 3.57. The number of hydrogen-bond donors (Lipinski definition) is 0. The summed E-state index contributed by atoms with van der Waals surface area (Å²) in [6, 6.07) is 0. The van der Waals surface area contributed by atoms with Crippen molar-refractivity contribution in [3.8, 4) is 0 Å². The van der Waals surface area contributed by atoms with Crippen LogP contribution >= 0.6 is 0 Å². The summed E-state index contributed by atoms with van der Waals surface area (Å²) in [7, 11) is 0. The van der Waals surface area contributed by atoms with Crippen molar-refractivity contribution in [3.63, 3.8) is 0 Å². The third kappa shape index (κ3) is 6.35. The summed E-state index contributed by atoms with van der Waals surface area (Å²) in [6.45, 7) is 15.0. The molecule has 0 spiro atoms. The zero-order chi connectivity index (χ0) is 17.8. The van der Waals surface area contributed by atoms with Gasteiger partial charge < -0.3 is 0 Å². The van der Waals surface area contributed by atoms with Crippen LogP contribution in [0, 0.1) is 0 Å². The van der Waals surface area contributed by atoms with E-state index in [1.165, 1.54) is 17.2 Å². The van der Waals surface area contributed by atoms with Gasteiger partial charge >= 0.3 is 151 Å². The molecule has 0 bridgehead atoms. The molecule has 0 saturated heterocycles. The molecule has 0 amide bonds. The van der Waals surface area contributed by atoms with Crippen LogP contribution in [-0.4, -0.2) is 49.5 Å². The Morgan fingerprint density at radius 1 is 1.00 bits per heavy atom. The molecule has 0 aliphatic heterocycles. The molecule has 0 aromatic carbocycles. The maximum atomic E-state index is 6.91. The van der Waals surface area contributed by atoms with Crippen molar-refractivity contribution >= 4 is 43.9 Å². The average Bonchev–Trinajstić information content (AvgIpc) is 2.41. The van der Waals surface area contributed by atoms with Crippen LogP contribution < -0.4 is 0 Å². The third-order valence-corrected chi connectivity index (χ3v) is 19.6. The quantitative estimate of drug-likeness (QED) is 0.308. The van der Waals surface area contributed by atoms with Crippen LogP contribution in [0.3, 0.4) is 0 Å². The molecule has 0 aliphatic carbocycles. The Morgan fingerprint density at radius 2 is 1.50 bits per heavy atom. The van der Waals surface area contributed by atoms with Crippen LogP contribution in [0.2, 0.25) is 42.3 Å². The Kier molecular flexibility index (Phi) is 9.74. The Labute approximate surface area is 150 Å². The molecule has 1 unspecified atom stereocenters. The Morgan fingerprint density at radius 3 is 1.77 bits per heavy atom. The van der Waals surface area contributed by atoms with E-state index >= 15 is 0 Å².